The van der Waals surface area contributed by atoms with Crippen molar-refractivity contribution in [3.63, 3.8) is 0 Å². The number of nitrogens with one attached hydrogen (secondary N) is 1. The van der Waals surface area contributed by atoms with E-state index in [1.165, 1.54) is 4.88 Å². The second kappa shape index (κ2) is 7.14. The van der Waals surface area contributed by atoms with Crippen LogP contribution in [0, 0.1) is 5.92 Å². The summed E-state index contributed by atoms with van der Waals surface area (Å²) in [5, 5.41) is 5.44. The Morgan fingerprint density at radius 1 is 1.29 bits per heavy atom. The lowest BCUT2D eigenvalue weighted by Crippen LogP contribution is -2.43. The summed E-state index contributed by atoms with van der Waals surface area (Å²) >= 11 is 1.85. The van der Waals surface area contributed by atoms with Crippen LogP contribution in [0.5, 0.6) is 0 Å². The molecule has 1 N–H and O–H groups in total. The molecule has 0 amide bonds. The molecule has 1 aromatic rings. The minimum atomic E-state index is 0.589. The normalized spacial score (nSPS) is 15.5. The Hall–Kier alpha value is -0.380. The number of thiophene rings is 1. The number of hydrogen-bond acceptors (Lipinski definition) is 3. The molecular weight excluding hydrogens is 228 g/mol. The van der Waals surface area contributed by atoms with Gasteiger partial charge in [0.25, 0.3) is 0 Å². The van der Waals surface area contributed by atoms with Crippen LogP contribution in [-0.2, 0) is 6.54 Å². The van der Waals surface area contributed by atoms with Gasteiger partial charge in [-0.25, -0.2) is 0 Å². The van der Waals surface area contributed by atoms with Gasteiger partial charge in [0, 0.05) is 23.5 Å². The van der Waals surface area contributed by atoms with Gasteiger partial charge in [0.05, 0.1) is 0 Å². The quantitative estimate of drug-likeness (QED) is 0.804. The molecule has 0 aromatic carbocycles. The molecule has 0 aliphatic heterocycles. The summed E-state index contributed by atoms with van der Waals surface area (Å²) in [7, 11) is 2.03. The first-order valence-corrected chi connectivity index (χ1v) is 7.37. The molecule has 2 atom stereocenters. The molecule has 0 saturated heterocycles. The van der Waals surface area contributed by atoms with E-state index in [1.54, 1.807) is 0 Å². The molecule has 98 valence electrons. The average molecular weight is 254 g/mol. The molecule has 0 aliphatic carbocycles. The van der Waals surface area contributed by atoms with Crippen molar-refractivity contribution in [2.75, 3.05) is 13.6 Å². The van der Waals surface area contributed by atoms with Gasteiger partial charge in [0.15, 0.2) is 0 Å². The van der Waals surface area contributed by atoms with E-state index in [-0.39, 0.29) is 0 Å². The molecule has 0 spiro atoms. The largest absolute Gasteiger partial charge is 0.319 e. The van der Waals surface area contributed by atoms with E-state index >= 15 is 0 Å². The smallest absolute Gasteiger partial charge is 0.0333 e. The molecule has 2 unspecified atom stereocenters. The van der Waals surface area contributed by atoms with Crippen LogP contribution in [0.25, 0.3) is 0 Å². The van der Waals surface area contributed by atoms with Gasteiger partial charge < -0.3 is 5.32 Å². The van der Waals surface area contributed by atoms with E-state index in [2.05, 4.69) is 55.4 Å². The minimum absolute atomic E-state index is 0.589. The topological polar surface area (TPSA) is 15.3 Å². The summed E-state index contributed by atoms with van der Waals surface area (Å²) in [6, 6.07) is 5.56. The monoisotopic (exact) mass is 254 g/mol. The van der Waals surface area contributed by atoms with Crippen molar-refractivity contribution >= 4 is 11.3 Å². The Morgan fingerprint density at radius 2 is 2.00 bits per heavy atom. The van der Waals surface area contributed by atoms with Gasteiger partial charge in [-0.2, -0.15) is 0 Å². The van der Waals surface area contributed by atoms with Gasteiger partial charge in [-0.1, -0.05) is 13.0 Å². The fourth-order valence-electron chi connectivity index (χ4n) is 2.20. The van der Waals surface area contributed by atoms with E-state index < -0.39 is 0 Å². The van der Waals surface area contributed by atoms with Crippen molar-refractivity contribution in [2.24, 2.45) is 5.92 Å². The molecule has 0 saturated carbocycles. The lowest BCUT2D eigenvalue weighted by atomic mass is 10.0. The van der Waals surface area contributed by atoms with E-state index in [0.717, 1.165) is 13.1 Å². The van der Waals surface area contributed by atoms with Crippen LogP contribution in [0.2, 0.25) is 0 Å². The predicted octanol–water partition coefficient (Wildman–Crippen LogP) is 3.20. The van der Waals surface area contributed by atoms with Gasteiger partial charge in [0.2, 0.25) is 0 Å². The summed E-state index contributed by atoms with van der Waals surface area (Å²) in [6.07, 6.45) is 0. The van der Waals surface area contributed by atoms with Gasteiger partial charge in [-0.15, -0.1) is 11.3 Å². The molecule has 2 nitrogen and oxygen atoms in total. The van der Waals surface area contributed by atoms with E-state index in [9.17, 15) is 0 Å². The SMILES string of the molecule is CNCC(C)C(C)N(Cc1cccs1)C(C)C. The van der Waals surface area contributed by atoms with Crippen molar-refractivity contribution in [1.82, 2.24) is 10.2 Å². The predicted molar refractivity (Wildman–Crippen MR) is 77.6 cm³/mol. The maximum Gasteiger partial charge on any atom is 0.0333 e. The molecule has 1 heterocycles. The second-order valence-corrected chi connectivity index (χ2v) is 6.15. The minimum Gasteiger partial charge on any atom is -0.319 e. The third-order valence-electron chi connectivity index (χ3n) is 3.45. The Bertz CT molecular complexity index is 295. The highest BCUT2D eigenvalue weighted by atomic mass is 32.1. The first-order chi connectivity index (χ1) is 8.06. The number of nitrogens with zero attached hydrogens (tertiary/aromatic N) is 1. The van der Waals surface area contributed by atoms with E-state index in [4.69, 9.17) is 0 Å². The molecule has 0 radical (unpaired) electrons. The zero-order valence-corrected chi connectivity index (χ0v) is 12.6. The van der Waals surface area contributed by atoms with Gasteiger partial charge in [0.1, 0.15) is 0 Å². The van der Waals surface area contributed by atoms with Gasteiger partial charge in [-0.05, 0) is 51.7 Å². The van der Waals surface area contributed by atoms with E-state index in [1.807, 2.05) is 18.4 Å². The lowest BCUT2D eigenvalue weighted by molar-refractivity contribution is 0.117. The second-order valence-electron chi connectivity index (χ2n) is 5.12. The van der Waals surface area contributed by atoms with Crippen molar-refractivity contribution in [2.45, 2.75) is 46.3 Å². The highest BCUT2D eigenvalue weighted by Gasteiger charge is 2.22. The lowest BCUT2D eigenvalue weighted by Gasteiger charge is -2.36. The van der Waals surface area contributed by atoms with Crippen LogP contribution in [0.1, 0.15) is 32.6 Å². The Balaban J connectivity index is 2.65. The molecule has 0 fully saturated rings. The Labute approximate surface area is 110 Å². The van der Waals surface area contributed by atoms with Crippen molar-refractivity contribution in [1.29, 1.82) is 0 Å². The summed E-state index contributed by atoms with van der Waals surface area (Å²) in [5.74, 6) is 0.669. The van der Waals surface area contributed by atoms with E-state index in [0.29, 0.717) is 18.0 Å². The summed E-state index contributed by atoms with van der Waals surface area (Å²) in [5.41, 5.74) is 0. The maximum absolute atomic E-state index is 3.28. The van der Waals surface area contributed by atoms with Gasteiger partial charge >= 0.3 is 0 Å². The highest BCUT2D eigenvalue weighted by Crippen LogP contribution is 2.19. The fraction of sp³-hybridized carbons (Fsp3) is 0.714. The molecule has 1 rings (SSSR count). The van der Waals surface area contributed by atoms with Crippen LogP contribution in [0.4, 0.5) is 0 Å². The van der Waals surface area contributed by atoms with Crippen molar-refractivity contribution in [3.05, 3.63) is 22.4 Å². The van der Waals surface area contributed by atoms with Crippen LogP contribution >= 0.6 is 11.3 Å². The average Bonchev–Trinajstić information content (AvgIpc) is 2.77. The van der Waals surface area contributed by atoms with Gasteiger partial charge in [-0.3, -0.25) is 4.90 Å². The highest BCUT2D eigenvalue weighted by molar-refractivity contribution is 7.09. The first-order valence-electron chi connectivity index (χ1n) is 6.49. The van der Waals surface area contributed by atoms with Crippen molar-refractivity contribution in [3.8, 4) is 0 Å². The molecular formula is C14H26N2S. The van der Waals surface area contributed by atoms with Crippen LogP contribution in [0.15, 0.2) is 17.5 Å². The van der Waals surface area contributed by atoms with Crippen molar-refractivity contribution < 1.29 is 0 Å². The molecule has 17 heavy (non-hydrogen) atoms. The van der Waals surface area contributed by atoms with Crippen LogP contribution in [0.3, 0.4) is 0 Å². The zero-order valence-electron chi connectivity index (χ0n) is 11.7. The first kappa shape index (κ1) is 14.7. The summed E-state index contributed by atoms with van der Waals surface area (Å²) < 4.78 is 0. The Kier molecular flexibility index (Phi) is 6.17. The summed E-state index contributed by atoms with van der Waals surface area (Å²) in [4.78, 5) is 4.05. The maximum atomic E-state index is 3.28. The van der Waals surface area contributed by atoms with Crippen LogP contribution < -0.4 is 5.32 Å². The fourth-order valence-corrected chi connectivity index (χ4v) is 2.91. The molecule has 0 aliphatic rings. The zero-order chi connectivity index (χ0) is 12.8. The summed E-state index contributed by atoms with van der Waals surface area (Å²) in [6.45, 7) is 11.4. The molecule has 0 bridgehead atoms. The molecule has 1 aromatic heterocycles. The number of rotatable bonds is 7. The number of hydrogen-bond donors (Lipinski definition) is 1. The molecule has 3 heteroatoms. The third-order valence-corrected chi connectivity index (χ3v) is 4.32. The Morgan fingerprint density at radius 3 is 2.47 bits per heavy atom. The third kappa shape index (κ3) is 4.41. The standard InChI is InChI=1S/C14H26N2S/c1-11(2)16(10-14-7-6-8-17-14)13(4)12(3)9-15-5/h6-8,11-13,15H,9-10H2,1-5H3. The van der Waals surface area contributed by atoms with Crippen LogP contribution in [-0.4, -0.2) is 30.6 Å².